The van der Waals surface area contributed by atoms with Gasteiger partial charge in [-0.05, 0) is 25.0 Å². The van der Waals surface area contributed by atoms with Crippen LogP contribution in [0.15, 0.2) is 47.2 Å². The Hall–Kier alpha value is -5.09. The second kappa shape index (κ2) is 13.3. The van der Waals surface area contributed by atoms with Crippen molar-refractivity contribution in [1.82, 2.24) is 44.7 Å². The topological polar surface area (TPSA) is 201 Å². The first kappa shape index (κ1) is 30.0. The third kappa shape index (κ3) is 6.86. The minimum absolute atomic E-state index is 0.0375. The van der Waals surface area contributed by atoms with Gasteiger partial charge in [0.2, 0.25) is 5.91 Å². The molecule has 16 heteroatoms. The fraction of sp³-hybridized carbons (Fsp3) is 0.414. The molecule has 45 heavy (non-hydrogen) atoms. The largest absolute Gasteiger partial charge is 0.465 e. The van der Waals surface area contributed by atoms with E-state index in [1.807, 2.05) is 18.2 Å². The molecule has 0 spiro atoms. The fourth-order valence-corrected chi connectivity index (χ4v) is 5.77. The van der Waals surface area contributed by atoms with E-state index in [1.165, 1.54) is 6.33 Å². The van der Waals surface area contributed by atoms with Crippen molar-refractivity contribution in [3.63, 3.8) is 0 Å². The molecule has 1 atom stereocenters. The molecular formula is C29H35N11O5. The molecule has 5 heterocycles. The lowest BCUT2D eigenvalue weighted by atomic mass is 10.1. The first-order valence-corrected chi connectivity index (χ1v) is 14.9. The molecule has 236 valence electrons. The Morgan fingerprint density at radius 2 is 1.89 bits per heavy atom. The number of piperidine rings is 1. The number of aromatic nitrogens is 5. The van der Waals surface area contributed by atoms with Gasteiger partial charge in [-0.15, -0.1) is 0 Å². The van der Waals surface area contributed by atoms with Gasteiger partial charge in [-0.2, -0.15) is 10.1 Å². The molecule has 4 aromatic rings. The number of nitrogens with one attached hydrogen (secondary N) is 2. The average Bonchev–Trinajstić information content (AvgIpc) is 3.64. The average molecular weight is 618 g/mol. The van der Waals surface area contributed by atoms with Gasteiger partial charge in [-0.3, -0.25) is 24.7 Å². The molecule has 3 aromatic heterocycles. The number of hydrogen-bond acceptors (Lipinski definition) is 11. The summed E-state index contributed by atoms with van der Waals surface area (Å²) in [6.45, 7) is 6.14. The highest BCUT2D eigenvalue weighted by Gasteiger charge is 2.30. The molecule has 5 N–H and O–H groups in total. The van der Waals surface area contributed by atoms with Crippen molar-refractivity contribution in [3.05, 3.63) is 48.4 Å². The minimum atomic E-state index is -1.01. The predicted molar refractivity (Wildman–Crippen MR) is 165 cm³/mol. The number of carboxylic acid groups (broad SMARTS) is 1. The number of likely N-dealkylation sites (tertiary alicyclic amines) is 1. The second-order valence-corrected chi connectivity index (χ2v) is 11.0. The maximum Gasteiger partial charge on any atom is 0.404 e. The molecule has 3 amide bonds. The van der Waals surface area contributed by atoms with Crippen LogP contribution in [0.1, 0.15) is 29.4 Å². The molecule has 6 rings (SSSR count). The number of carbonyl (C=O) groups is 3. The maximum absolute atomic E-state index is 13.4. The van der Waals surface area contributed by atoms with Gasteiger partial charge in [0.15, 0.2) is 16.9 Å². The zero-order chi connectivity index (χ0) is 31.3. The fourth-order valence-electron chi connectivity index (χ4n) is 5.77. The van der Waals surface area contributed by atoms with Gasteiger partial charge < -0.3 is 25.5 Å². The van der Waals surface area contributed by atoms with Crippen LogP contribution in [0.25, 0.3) is 22.1 Å². The van der Waals surface area contributed by atoms with Gasteiger partial charge in [0, 0.05) is 65.0 Å². The number of piperazine rings is 1. The van der Waals surface area contributed by atoms with E-state index in [9.17, 15) is 14.4 Å². The van der Waals surface area contributed by atoms with E-state index in [-0.39, 0.29) is 29.5 Å². The van der Waals surface area contributed by atoms with Crippen molar-refractivity contribution >= 4 is 51.9 Å². The number of nitrogens with zero attached hydrogens (tertiary/aromatic N) is 8. The summed E-state index contributed by atoms with van der Waals surface area (Å²) >= 11 is 0. The van der Waals surface area contributed by atoms with E-state index in [2.05, 4.69) is 40.5 Å². The molecule has 0 radical (unpaired) electrons. The molecule has 0 bridgehead atoms. The Morgan fingerprint density at radius 1 is 1.09 bits per heavy atom. The molecule has 2 aliphatic rings. The number of benzene rings is 1. The number of fused-ring (bicyclic) bond motifs is 2. The quantitative estimate of drug-likeness (QED) is 0.197. The summed E-state index contributed by atoms with van der Waals surface area (Å²) in [7, 11) is 0. The van der Waals surface area contributed by atoms with Crippen molar-refractivity contribution in [1.29, 1.82) is 0 Å². The molecule has 2 saturated heterocycles. The van der Waals surface area contributed by atoms with E-state index < -0.39 is 12.0 Å². The summed E-state index contributed by atoms with van der Waals surface area (Å²) in [6, 6.07) is 7.00. The van der Waals surface area contributed by atoms with Crippen molar-refractivity contribution in [2.45, 2.75) is 18.9 Å². The number of hydrogen-bond donors (Lipinski definition) is 4. The molecule has 0 saturated carbocycles. The summed E-state index contributed by atoms with van der Waals surface area (Å²) in [5.41, 5.74) is 7.81. The molecule has 1 aromatic carbocycles. The molecule has 2 fully saturated rings. The smallest absolute Gasteiger partial charge is 0.404 e. The lowest BCUT2D eigenvalue weighted by Gasteiger charge is -2.34. The van der Waals surface area contributed by atoms with Crippen LogP contribution in [0.2, 0.25) is 0 Å². The van der Waals surface area contributed by atoms with Crippen LogP contribution in [-0.4, -0.2) is 121 Å². The normalized spacial score (nSPS) is 18.1. The molecule has 16 nitrogen and oxygen atoms in total. The number of nitrogen functional groups attached to an aromatic ring is 1. The third-order valence-electron chi connectivity index (χ3n) is 8.09. The molecule has 2 aliphatic heterocycles. The zero-order valence-electron chi connectivity index (χ0n) is 24.6. The molecule has 1 unspecified atom stereocenters. The monoisotopic (exact) mass is 617 g/mol. The van der Waals surface area contributed by atoms with Crippen molar-refractivity contribution < 1.29 is 23.9 Å². The summed E-state index contributed by atoms with van der Waals surface area (Å²) in [4.78, 5) is 56.2. The van der Waals surface area contributed by atoms with Crippen LogP contribution < -0.4 is 16.4 Å². The van der Waals surface area contributed by atoms with Gasteiger partial charge >= 0.3 is 12.1 Å². The third-order valence-corrected chi connectivity index (χ3v) is 8.09. The highest BCUT2D eigenvalue weighted by atomic mass is 16.4. The SMILES string of the molecule is Nc1ncnc2c1c(C(=O)Nc1nc3ccccc3o1)nn2C1CCCN(C(=O)/C=C/CN2CCN(CCNC(=O)O)CC2)C1. The van der Waals surface area contributed by atoms with E-state index in [4.69, 9.17) is 15.3 Å². The van der Waals surface area contributed by atoms with E-state index in [0.717, 1.165) is 39.0 Å². The Balaban J connectivity index is 1.09. The van der Waals surface area contributed by atoms with E-state index in [1.54, 1.807) is 27.8 Å². The Morgan fingerprint density at radius 3 is 2.69 bits per heavy atom. The number of carbonyl (C=O) groups excluding carboxylic acids is 2. The summed E-state index contributed by atoms with van der Waals surface area (Å²) in [5, 5.41) is 18.7. The first-order chi connectivity index (χ1) is 21.9. The Kier molecular flexibility index (Phi) is 8.84. The van der Waals surface area contributed by atoms with Crippen molar-refractivity contribution in [2.75, 3.05) is 70.0 Å². The number of oxazole rings is 1. The summed E-state index contributed by atoms with van der Waals surface area (Å²) < 4.78 is 7.32. The highest BCUT2D eigenvalue weighted by Crippen LogP contribution is 2.29. The van der Waals surface area contributed by atoms with E-state index >= 15 is 0 Å². The van der Waals surface area contributed by atoms with E-state index in [0.29, 0.717) is 54.9 Å². The van der Waals surface area contributed by atoms with Crippen LogP contribution in [0.4, 0.5) is 16.6 Å². The molecular weight excluding hydrogens is 582 g/mol. The van der Waals surface area contributed by atoms with Gasteiger partial charge in [0.1, 0.15) is 17.7 Å². The summed E-state index contributed by atoms with van der Waals surface area (Å²) in [6.07, 6.45) is 5.33. The van der Waals surface area contributed by atoms with Gasteiger partial charge in [-0.1, -0.05) is 18.2 Å². The zero-order valence-corrected chi connectivity index (χ0v) is 24.6. The lowest BCUT2D eigenvalue weighted by Crippen LogP contribution is -2.48. The number of rotatable bonds is 9. The molecule has 0 aliphatic carbocycles. The predicted octanol–water partition coefficient (Wildman–Crippen LogP) is 1.41. The van der Waals surface area contributed by atoms with Crippen molar-refractivity contribution in [2.24, 2.45) is 0 Å². The van der Waals surface area contributed by atoms with Crippen LogP contribution in [0.3, 0.4) is 0 Å². The van der Waals surface area contributed by atoms with Crippen LogP contribution in [0, 0.1) is 0 Å². The second-order valence-electron chi connectivity index (χ2n) is 11.0. The lowest BCUT2D eigenvalue weighted by molar-refractivity contribution is -0.127. The highest BCUT2D eigenvalue weighted by molar-refractivity contribution is 6.12. The van der Waals surface area contributed by atoms with Crippen LogP contribution in [-0.2, 0) is 4.79 Å². The number of amides is 3. The van der Waals surface area contributed by atoms with Crippen LogP contribution in [0.5, 0.6) is 0 Å². The Bertz CT molecular complexity index is 1690. The maximum atomic E-state index is 13.4. The van der Waals surface area contributed by atoms with Gasteiger partial charge in [-0.25, -0.2) is 19.4 Å². The summed E-state index contributed by atoms with van der Waals surface area (Å²) in [5.74, 6) is -0.521. The minimum Gasteiger partial charge on any atom is -0.465 e. The van der Waals surface area contributed by atoms with Crippen LogP contribution >= 0.6 is 0 Å². The Labute approximate surface area is 257 Å². The van der Waals surface area contributed by atoms with Gasteiger partial charge in [0.25, 0.3) is 5.91 Å². The number of nitrogens with two attached hydrogens (primary N) is 1. The number of anilines is 2. The van der Waals surface area contributed by atoms with Gasteiger partial charge in [0.05, 0.1) is 11.4 Å². The first-order valence-electron chi connectivity index (χ1n) is 14.9. The standard InChI is InChI=1S/C29H35N11O5/c30-25-23-24(27(42)35-28-34-20-6-1-2-7-21(20)45-28)36-40(26(23)33-18-32-25)19-5-3-11-39(17-19)22(41)8-4-10-37-13-15-38(16-14-37)12-9-31-29(43)44/h1-2,4,6-8,18-19,31H,3,5,9-17H2,(H,43,44)(H2,30,32,33)(H,34,35,42)/b8-4+. The van der Waals surface area contributed by atoms with Crippen molar-refractivity contribution in [3.8, 4) is 0 Å². The number of para-hydroxylation sites is 2.